The van der Waals surface area contributed by atoms with Gasteiger partial charge in [0.1, 0.15) is 0 Å². The number of ether oxygens (including phenoxy) is 1. The molecule has 18 heavy (non-hydrogen) atoms. The molecule has 0 saturated carbocycles. The number of hydrogen-bond acceptors (Lipinski definition) is 3. The Bertz CT molecular complexity index is 540. The molecule has 0 fully saturated rings. The van der Waals surface area contributed by atoms with Gasteiger partial charge in [-0.05, 0) is 43.0 Å². The van der Waals surface area contributed by atoms with Crippen LogP contribution in [-0.2, 0) is 4.74 Å². The molecule has 0 radical (unpaired) electrons. The highest BCUT2D eigenvalue weighted by Crippen LogP contribution is 2.34. The SMILES string of the molecule is CCOC(=O)Sc1c(Cl)cccc1-n1cccc1. The van der Waals surface area contributed by atoms with Crippen LogP contribution in [0.1, 0.15) is 6.92 Å². The summed E-state index contributed by atoms with van der Waals surface area (Å²) < 4.78 is 6.84. The Labute approximate surface area is 115 Å². The fraction of sp³-hybridized carbons (Fsp3) is 0.154. The zero-order valence-corrected chi connectivity index (χ0v) is 11.4. The van der Waals surface area contributed by atoms with Crippen molar-refractivity contribution in [2.24, 2.45) is 0 Å². The van der Waals surface area contributed by atoms with Crippen LogP contribution in [0.3, 0.4) is 0 Å². The molecule has 1 aromatic carbocycles. The number of thioether (sulfide) groups is 1. The molecule has 0 spiro atoms. The Kier molecular flexibility index (Phi) is 4.33. The van der Waals surface area contributed by atoms with Crippen molar-refractivity contribution < 1.29 is 9.53 Å². The Morgan fingerprint density at radius 2 is 2.06 bits per heavy atom. The van der Waals surface area contributed by atoms with Crippen molar-refractivity contribution in [2.75, 3.05) is 6.61 Å². The highest BCUT2D eigenvalue weighted by Gasteiger charge is 2.14. The Morgan fingerprint density at radius 1 is 1.33 bits per heavy atom. The standard InChI is InChI=1S/C13H12ClNO2S/c1-2-17-13(16)18-12-10(14)6-5-7-11(12)15-8-3-4-9-15/h3-9H,2H2,1H3. The third-order valence-electron chi connectivity index (χ3n) is 2.28. The van der Waals surface area contributed by atoms with Crippen LogP contribution in [0, 0.1) is 0 Å². The minimum Gasteiger partial charge on any atom is -0.458 e. The molecular formula is C13H12ClNO2S. The average molecular weight is 282 g/mol. The van der Waals surface area contributed by atoms with Gasteiger partial charge in [-0.15, -0.1) is 0 Å². The van der Waals surface area contributed by atoms with E-state index in [0.717, 1.165) is 17.4 Å². The third kappa shape index (κ3) is 2.89. The lowest BCUT2D eigenvalue weighted by Gasteiger charge is -2.11. The van der Waals surface area contributed by atoms with Crippen molar-refractivity contribution in [1.82, 2.24) is 4.57 Å². The largest absolute Gasteiger partial charge is 0.458 e. The second-order valence-corrected chi connectivity index (χ2v) is 4.82. The van der Waals surface area contributed by atoms with Crippen LogP contribution in [0.4, 0.5) is 4.79 Å². The maximum absolute atomic E-state index is 11.6. The smallest absolute Gasteiger partial charge is 0.372 e. The zero-order valence-electron chi connectivity index (χ0n) is 9.80. The molecule has 0 saturated heterocycles. The normalized spacial score (nSPS) is 10.3. The van der Waals surface area contributed by atoms with Crippen molar-refractivity contribution in [3.63, 3.8) is 0 Å². The fourth-order valence-electron chi connectivity index (χ4n) is 1.53. The summed E-state index contributed by atoms with van der Waals surface area (Å²) in [5.41, 5.74) is 0.866. The molecule has 94 valence electrons. The Morgan fingerprint density at radius 3 is 2.72 bits per heavy atom. The second kappa shape index (κ2) is 5.98. The number of rotatable bonds is 3. The van der Waals surface area contributed by atoms with E-state index in [0.29, 0.717) is 16.5 Å². The molecule has 2 rings (SSSR count). The minimum absolute atomic E-state index is 0.348. The highest BCUT2D eigenvalue weighted by atomic mass is 35.5. The monoisotopic (exact) mass is 281 g/mol. The molecule has 2 aromatic rings. The van der Waals surface area contributed by atoms with Gasteiger partial charge in [0.25, 0.3) is 0 Å². The van der Waals surface area contributed by atoms with Crippen LogP contribution in [0.25, 0.3) is 5.69 Å². The quantitative estimate of drug-likeness (QED) is 0.618. The zero-order chi connectivity index (χ0) is 13.0. The summed E-state index contributed by atoms with van der Waals surface area (Å²) in [6.45, 7) is 2.13. The number of carbonyl (C=O) groups excluding carboxylic acids is 1. The van der Waals surface area contributed by atoms with Crippen LogP contribution in [-0.4, -0.2) is 16.5 Å². The molecule has 3 nitrogen and oxygen atoms in total. The van der Waals surface area contributed by atoms with Gasteiger partial charge in [0.15, 0.2) is 0 Å². The molecular weight excluding hydrogens is 270 g/mol. The van der Waals surface area contributed by atoms with Crippen molar-refractivity contribution in [1.29, 1.82) is 0 Å². The van der Waals surface area contributed by atoms with Gasteiger partial charge in [0.05, 0.1) is 22.2 Å². The van der Waals surface area contributed by atoms with E-state index in [1.54, 1.807) is 13.0 Å². The topological polar surface area (TPSA) is 31.2 Å². The summed E-state index contributed by atoms with van der Waals surface area (Å²) in [7, 11) is 0. The van der Waals surface area contributed by atoms with E-state index >= 15 is 0 Å². The van der Waals surface area contributed by atoms with Crippen molar-refractivity contribution in [2.45, 2.75) is 11.8 Å². The number of aromatic nitrogens is 1. The first-order valence-electron chi connectivity index (χ1n) is 5.49. The summed E-state index contributed by atoms with van der Waals surface area (Å²) in [5.74, 6) is 0. The molecule has 0 unspecified atom stereocenters. The molecule has 5 heteroatoms. The van der Waals surface area contributed by atoms with Crippen LogP contribution in [0.15, 0.2) is 47.6 Å². The van der Waals surface area contributed by atoms with Crippen LogP contribution in [0.2, 0.25) is 5.02 Å². The van der Waals surface area contributed by atoms with Gasteiger partial charge in [-0.3, -0.25) is 0 Å². The lowest BCUT2D eigenvalue weighted by Crippen LogP contribution is -1.99. The van der Waals surface area contributed by atoms with Gasteiger partial charge in [0.2, 0.25) is 0 Å². The molecule has 1 aromatic heterocycles. The van der Waals surface area contributed by atoms with Gasteiger partial charge in [-0.25, -0.2) is 4.79 Å². The van der Waals surface area contributed by atoms with Crippen molar-refractivity contribution in [3.8, 4) is 5.69 Å². The third-order valence-corrected chi connectivity index (χ3v) is 3.62. The van der Waals surface area contributed by atoms with Crippen LogP contribution in [0.5, 0.6) is 0 Å². The summed E-state index contributed by atoms with van der Waals surface area (Å²) in [4.78, 5) is 12.3. The van der Waals surface area contributed by atoms with E-state index in [2.05, 4.69) is 0 Å². The lowest BCUT2D eigenvalue weighted by atomic mass is 10.3. The fourth-order valence-corrected chi connectivity index (χ4v) is 2.60. The second-order valence-electron chi connectivity index (χ2n) is 3.46. The van der Waals surface area contributed by atoms with E-state index < -0.39 is 0 Å². The van der Waals surface area contributed by atoms with E-state index in [1.807, 2.05) is 41.2 Å². The first-order valence-corrected chi connectivity index (χ1v) is 6.68. The van der Waals surface area contributed by atoms with Crippen LogP contribution < -0.4 is 0 Å². The van der Waals surface area contributed by atoms with E-state index in [4.69, 9.17) is 16.3 Å². The number of nitrogens with zero attached hydrogens (tertiary/aromatic N) is 1. The summed E-state index contributed by atoms with van der Waals surface area (Å²) in [5, 5.41) is 0.193. The maximum atomic E-state index is 11.6. The molecule has 0 aliphatic heterocycles. The van der Waals surface area contributed by atoms with Gasteiger partial charge in [-0.1, -0.05) is 17.7 Å². The van der Waals surface area contributed by atoms with Gasteiger partial charge in [0, 0.05) is 12.4 Å². The predicted molar refractivity (Wildman–Crippen MR) is 73.7 cm³/mol. The molecule has 1 heterocycles. The number of hydrogen-bond donors (Lipinski definition) is 0. The van der Waals surface area contributed by atoms with Crippen molar-refractivity contribution >= 4 is 28.7 Å². The molecule has 0 bridgehead atoms. The average Bonchev–Trinajstić information content (AvgIpc) is 2.85. The first-order chi connectivity index (χ1) is 8.72. The van der Waals surface area contributed by atoms with Gasteiger partial charge in [-0.2, -0.15) is 0 Å². The molecule has 0 aliphatic rings. The van der Waals surface area contributed by atoms with E-state index in [-0.39, 0.29) is 5.30 Å². The molecule has 0 aliphatic carbocycles. The molecule has 0 N–H and O–H groups in total. The Balaban J connectivity index is 2.36. The van der Waals surface area contributed by atoms with Crippen LogP contribution >= 0.6 is 23.4 Å². The highest BCUT2D eigenvalue weighted by molar-refractivity contribution is 8.13. The van der Waals surface area contributed by atoms with E-state index in [9.17, 15) is 4.79 Å². The number of benzene rings is 1. The summed E-state index contributed by atoms with van der Waals surface area (Å²) in [6.07, 6.45) is 3.81. The number of carbonyl (C=O) groups is 1. The van der Waals surface area contributed by atoms with Crippen molar-refractivity contribution in [3.05, 3.63) is 47.7 Å². The number of halogens is 1. The predicted octanol–water partition coefficient (Wildman–Crippen LogP) is 4.38. The first kappa shape index (κ1) is 13.1. The van der Waals surface area contributed by atoms with Gasteiger partial charge < -0.3 is 9.30 Å². The molecule has 0 atom stereocenters. The lowest BCUT2D eigenvalue weighted by molar-refractivity contribution is 0.181. The minimum atomic E-state index is -0.348. The summed E-state index contributed by atoms with van der Waals surface area (Å²) in [6, 6.07) is 9.36. The molecule has 0 amide bonds. The summed E-state index contributed by atoms with van der Waals surface area (Å²) >= 11 is 7.15. The maximum Gasteiger partial charge on any atom is 0.372 e. The van der Waals surface area contributed by atoms with Gasteiger partial charge >= 0.3 is 5.30 Å². The van der Waals surface area contributed by atoms with E-state index in [1.165, 1.54) is 0 Å². The Hall–Kier alpha value is -1.39.